The molecule has 1 atom stereocenters. The van der Waals surface area contributed by atoms with Crippen molar-refractivity contribution in [2.45, 2.75) is 19.4 Å². The Labute approximate surface area is 122 Å². The number of esters is 1. The van der Waals surface area contributed by atoms with Crippen LogP contribution in [-0.4, -0.2) is 19.1 Å². The molecule has 3 N–H and O–H groups in total. The maximum Gasteiger partial charge on any atom is 0.340 e. The number of hydrogen-bond donors (Lipinski definition) is 2. The smallest absolute Gasteiger partial charge is 0.340 e. The Bertz CT molecular complexity index is 582. The van der Waals surface area contributed by atoms with E-state index in [1.165, 1.54) is 12.0 Å². The molecule has 0 aliphatic rings. The minimum atomic E-state index is -0.386. The number of thiophene rings is 1. The molecular weight excluding hydrogens is 272 g/mol. The maximum absolute atomic E-state index is 11.8. The molecule has 0 aliphatic carbocycles. The molecule has 0 bridgehead atoms. The molecule has 5 heteroatoms. The van der Waals surface area contributed by atoms with E-state index in [1.807, 2.05) is 6.07 Å². The van der Waals surface area contributed by atoms with E-state index in [1.54, 1.807) is 29.5 Å². The zero-order chi connectivity index (χ0) is 14.5. The number of carbonyl (C=O) groups is 1. The number of hydrogen-bond acceptors (Lipinski definition) is 5. The van der Waals surface area contributed by atoms with Crippen LogP contribution >= 0.6 is 11.3 Å². The third-order valence-electron chi connectivity index (χ3n) is 2.98. The molecule has 0 aliphatic heterocycles. The molecule has 2 aromatic rings. The second-order valence-corrected chi connectivity index (χ2v) is 5.62. The van der Waals surface area contributed by atoms with Crippen LogP contribution in [0.4, 0.5) is 11.4 Å². The molecule has 0 fully saturated rings. The fraction of sp³-hybridized carbons (Fsp3) is 0.267. The quantitative estimate of drug-likeness (QED) is 0.656. The second kappa shape index (κ2) is 6.43. The summed E-state index contributed by atoms with van der Waals surface area (Å²) in [5.74, 6) is -0.386. The van der Waals surface area contributed by atoms with Crippen molar-refractivity contribution in [3.05, 3.63) is 46.2 Å². The maximum atomic E-state index is 11.8. The van der Waals surface area contributed by atoms with Crippen LogP contribution in [0.5, 0.6) is 0 Å². The Kier molecular flexibility index (Phi) is 4.63. The fourth-order valence-corrected chi connectivity index (χ4v) is 2.87. The number of anilines is 2. The van der Waals surface area contributed by atoms with E-state index in [4.69, 9.17) is 10.5 Å². The van der Waals surface area contributed by atoms with Crippen LogP contribution in [-0.2, 0) is 11.2 Å². The van der Waals surface area contributed by atoms with Gasteiger partial charge in [-0.1, -0.05) is 12.1 Å². The number of methoxy groups -OCH3 is 1. The van der Waals surface area contributed by atoms with E-state index < -0.39 is 0 Å². The van der Waals surface area contributed by atoms with Crippen molar-refractivity contribution in [1.82, 2.24) is 0 Å². The fourth-order valence-electron chi connectivity index (χ4n) is 2.04. The first-order valence-corrected chi connectivity index (χ1v) is 7.25. The van der Waals surface area contributed by atoms with Crippen LogP contribution in [0.3, 0.4) is 0 Å². The normalized spacial score (nSPS) is 11.9. The number of benzene rings is 1. The summed E-state index contributed by atoms with van der Waals surface area (Å²) < 4.78 is 4.79. The standard InChI is InChI=1S/C15H18N2O2S/c1-10(9-11-5-4-8-20-11)17-14-12(15(18)19-2)6-3-7-13(14)16/h3-8,10,17H,9,16H2,1-2H3. The molecular formula is C15H18N2O2S. The van der Waals surface area contributed by atoms with Crippen molar-refractivity contribution in [3.63, 3.8) is 0 Å². The molecule has 2 rings (SSSR count). The van der Waals surface area contributed by atoms with Crippen LogP contribution in [0.15, 0.2) is 35.7 Å². The van der Waals surface area contributed by atoms with Gasteiger partial charge in [0.1, 0.15) is 0 Å². The summed E-state index contributed by atoms with van der Waals surface area (Å²) in [7, 11) is 1.37. The van der Waals surface area contributed by atoms with Crippen molar-refractivity contribution in [3.8, 4) is 0 Å². The summed E-state index contributed by atoms with van der Waals surface area (Å²) in [5, 5.41) is 5.37. The predicted molar refractivity (Wildman–Crippen MR) is 83.3 cm³/mol. The number of rotatable bonds is 5. The van der Waals surface area contributed by atoms with Gasteiger partial charge in [-0.25, -0.2) is 4.79 Å². The summed E-state index contributed by atoms with van der Waals surface area (Å²) in [6.45, 7) is 2.06. The minimum Gasteiger partial charge on any atom is -0.465 e. The van der Waals surface area contributed by atoms with Crippen molar-refractivity contribution in [1.29, 1.82) is 0 Å². The van der Waals surface area contributed by atoms with E-state index in [0.29, 0.717) is 16.9 Å². The number of ether oxygens (including phenoxy) is 1. The van der Waals surface area contributed by atoms with E-state index >= 15 is 0 Å². The molecule has 1 unspecified atom stereocenters. The number of nitrogen functional groups attached to an aromatic ring is 1. The van der Waals surface area contributed by atoms with Gasteiger partial charge < -0.3 is 15.8 Å². The number of para-hydroxylation sites is 1. The Morgan fingerprint density at radius 3 is 2.85 bits per heavy atom. The molecule has 0 saturated carbocycles. The Hall–Kier alpha value is -2.01. The van der Waals surface area contributed by atoms with Crippen LogP contribution in [0.25, 0.3) is 0 Å². The van der Waals surface area contributed by atoms with E-state index in [9.17, 15) is 4.79 Å². The van der Waals surface area contributed by atoms with Crippen molar-refractivity contribution in [2.24, 2.45) is 0 Å². The lowest BCUT2D eigenvalue weighted by molar-refractivity contribution is 0.0602. The first-order chi connectivity index (χ1) is 9.61. The lowest BCUT2D eigenvalue weighted by Crippen LogP contribution is -2.20. The Morgan fingerprint density at radius 2 is 2.20 bits per heavy atom. The molecule has 1 aromatic heterocycles. The van der Waals surface area contributed by atoms with Crippen molar-refractivity contribution >= 4 is 28.7 Å². The summed E-state index contributed by atoms with van der Waals surface area (Å²) in [6.07, 6.45) is 0.882. The summed E-state index contributed by atoms with van der Waals surface area (Å²) in [6, 6.07) is 9.52. The van der Waals surface area contributed by atoms with Gasteiger partial charge in [0.15, 0.2) is 0 Å². The van der Waals surface area contributed by atoms with E-state index in [2.05, 4.69) is 23.7 Å². The summed E-state index contributed by atoms with van der Waals surface area (Å²) in [4.78, 5) is 13.1. The Balaban J connectivity index is 2.17. The highest BCUT2D eigenvalue weighted by molar-refractivity contribution is 7.09. The Morgan fingerprint density at radius 1 is 1.40 bits per heavy atom. The zero-order valence-corrected chi connectivity index (χ0v) is 12.4. The van der Waals surface area contributed by atoms with Gasteiger partial charge in [0.2, 0.25) is 0 Å². The SMILES string of the molecule is COC(=O)c1cccc(N)c1NC(C)Cc1cccs1. The monoisotopic (exact) mass is 290 g/mol. The number of nitrogens with two attached hydrogens (primary N) is 1. The summed E-state index contributed by atoms with van der Waals surface area (Å²) >= 11 is 1.72. The van der Waals surface area contributed by atoms with Crippen molar-refractivity contribution < 1.29 is 9.53 Å². The topological polar surface area (TPSA) is 64.3 Å². The molecule has 0 amide bonds. The number of nitrogens with one attached hydrogen (secondary N) is 1. The van der Waals surface area contributed by atoms with Gasteiger partial charge in [-0.15, -0.1) is 11.3 Å². The average molecular weight is 290 g/mol. The largest absolute Gasteiger partial charge is 0.465 e. The molecule has 4 nitrogen and oxygen atoms in total. The van der Waals surface area contributed by atoms with Crippen LogP contribution in [0, 0.1) is 0 Å². The van der Waals surface area contributed by atoms with Crippen LogP contribution in [0.1, 0.15) is 22.2 Å². The van der Waals surface area contributed by atoms with Gasteiger partial charge in [0.05, 0.1) is 24.0 Å². The minimum absolute atomic E-state index is 0.168. The second-order valence-electron chi connectivity index (χ2n) is 4.59. The van der Waals surface area contributed by atoms with Crippen LogP contribution < -0.4 is 11.1 Å². The van der Waals surface area contributed by atoms with Gasteiger partial charge in [-0.2, -0.15) is 0 Å². The van der Waals surface area contributed by atoms with Gasteiger partial charge in [0.25, 0.3) is 0 Å². The van der Waals surface area contributed by atoms with Gasteiger partial charge >= 0.3 is 5.97 Å². The highest BCUT2D eigenvalue weighted by Crippen LogP contribution is 2.26. The molecule has 1 aromatic carbocycles. The third-order valence-corrected chi connectivity index (χ3v) is 3.88. The summed E-state index contributed by atoms with van der Waals surface area (Å²) in [5.41, 5.74) is 7.62. The molecule has 106 valence electrons. The molecule has 1 heterocycles. The molecule has 20 heavy (non-hydrogen) atoms. The van der Waals surface area contributed by atoms with Gasteiger partial charge in [-0.3, -0.25) is 0 Å². The molecule has 0 radical (unpaired) electrons. The first-order valence-electron chi connectivity index (χ1n) is 6.37. The zero-order valence-electron chi connectivity index (χ0n) is 11.6. The predicted octanol–water partition coefficient (Wildman–Crippen LogP) is 3.16. The lowest BCUT2D eigenvalue weighted by Gasteiger charge is -2.18. The molecule has 0 saturated heterocycles. The average Bonchev–Trinajstić information content (AvgIpc) is 2.93. The van der Waals surface area contributed by atoms with Crippen LogP contribution in [0.2, 0.25) is 0 Å². The van der Waals surface area contributed by atoms with E-state index in [-0.39, 0.29) is 12.0 Å². The first kappa shape index (κ1) is 14.4. The number of carbonyl (C=O) groups excluding carboxylic acids is 1. The van der Waals surface area contributed by atoms with Gasteiger partial charge in [-0.05, 0) is 30.5 Å². The highest BCUT2D eigenvalue weighted by atomic mass is 32.1. The van der Waals surface area contributed by atoms with Crippen molar-refractivity contribution in [2.75, 3.05) is 18.2 Å². The van der Waals surface area contributed by atoms with E-state index in [0.717, 1.165) is 6.42 Å². The third kappa shape index (κ3) is 3.30. The highest BCUT2D eigenvalue weighted by Gasteiger charge is 2.16. The molecule has 0 spiro atoms. The van der Waals surface area contributed by atoms with Gasteiger partial charge in [0, 0.05) is 17.3 Å². The lowest BCUT2D eigenvalue weighted by atomic mass is 10.1.